The number of thioether (sulfide) groups is 2. The maximum Gasteiger partial charge on any atom is 0.321 e. The van der Waals surface area contributed by atoms with Crippen molar-refractivity contribution in [3.8, 4) is 0 Å². The fraction of sp³-hybridized carbons (Fsp3) is 0.429. The van der Waals surface area contributed by atoms with E-state index in [-0.39, 0.29) is 10.7 Å². The van der Waals surface area contributed by atoms with E-state index in [9.17, 15) is 9.59 Å². The van der Waals surface area contributed by atoms with Gasteiger partial charge in [-0.1, -0.05) is 24.3 Å². The third-order valence-electron chi connectivity index (χ3n) is 3.70. The molecule has 2 unspecified atom stereocenters. The summed E-state index contributed by atoms with van der Waals surface area (Å²) in [6.07, 6.45) is 0. The van der Waals surface area contributed by atoms with Crippen LogP contribution in [0.5, 0.6) is 0 Å². The summed E-state index contributed by atoms with van der Waals surface area (Å²) in [6, 6.07) is 6.89. The molecule has 8 heteroatoms. The molecule has 0 aliphatic carbocycles. The van der Waals surface area contributed by atoms with Gasteiger partial charge in [0.15, 0.2) is 0 Å². The van der Waals surface area contributed by atoms with Crippen LogP contribution in [0.2, 0.25) is 0 Å². The van der Waals surface area contributed by atoms with Gasteiger partial charge < -0.3 is 10.2 Å². The van der Waals surface area contributed by atoms with E-state index in [1.165, 1.54) is 0 Å². The summed E-state index contributed by atoms with van der Waals surface area (Å²) in [4.78, 5) is 21.9. The van der Waals surface area contributed by atoms with Crippen LogP contribution in [0.25, 0.3) is 0 Å². The normalized spacial score (nSPS) is 31.3. The first-order valence-electron chi connectivity index (χ1n) is 6.85. The lowest BCUT2D eigenvalue weighted by Gasteiger charge is -2.15. The molecule has 0 radical (unpaired) electrons. The number of benzene rings is 1. The molecule has 0 aromatic heterocycles. The largest absolute Gasteiger partial charge is 0.480 e. The van der Waals surface area contributed by atoms with Gasteiger partial charge in [0.2, 0.25) is 0 Å². The Labute approximate surface area is 136 Å². The Morgan fingerprint density at radius 2 is 1.23 bits per heavy atom. The van der Waals surface area contributed by atoms with Crippen LogP contribution < -0.4 is 10.6 Å². The van der Waals surface area contributed by atoms with Crippen LogP contribution in [0.3, 0.4) is 0 Å². The van der Waals surface area contributed by atoms with Crippen molar-refractivity contribution < 1.29 is 19.8 Å². The Morgan fingerprint density at radius 1 is 0.864 bits per heavy atom. The number of hydrogen-bond donors (Lipinski definition) is 4. The molecule has 4 N–H and O–H groups in total. The molecule has 0 amide bonds. The van der Waals surface area contributed by atoms with Crippen molar-refractivity contribution in [2.75, 3.05) is 11.5 Å². The van der Waals surface area contributed by atoms with E-state index in [4.69, 9.17) is 10.2 Å². The molecule has 0 spiro atoms. The number of carboxylic acid groups (broad SMARTS) is 2. The zero-order chi connectivity index (χ0) is 15.7. The topological polar surface area (TPSA) is 98.7 Å². The number of aliphatic carboxylic acids is 2. The second kappa shape index (κ2) is 6.49. The summed E-state index contributed by atoms with van der Waals surface area (Å²) in [5.74, 6) is -0.528. The van der Waals surface area contributed by atoms with Gasteiger partial charge in [-0.2, -0.15) is 0 Å². The highest BCUT2D eigenvalue weighted by atomic mass is 32.2. The number of hydrogen-bond acceptors (Lipinski definition) is 6. The standard InChI is InChI=1S/C14H16N2O4S2/c17-13(18)9-5-21-11(15-9)7-1-2-8(4-3-7)12-16-10(6-22-12)14(19)20/h1-4,9-12,15-16H,5-6H2,(H,17,18)(H,19,20)/t9-,10+,11?,12?. The lowest BCUT2D eigenvalue weighted by molar-refractivity contribution is -0.139. The van der Waals surface area contributed by atoms with Crippen LogP contribution in [-0.2, 0) is 9.59 Å². The SMILES string of the molecule is O=C(O)[C@@H]1CSC(c2ccc(C3N[C@@H](C(=O)O)CS3)cc2)N1. The summed E-state index contributed by atoms with van der Waals surface area (Å²) < 4.78 is 0. The number of nitrogens with one attached hydrogen (secondary N) is 2. The monoisotopic (exact) mass is 340 g/mol. The van der Waals surface area contributed by atoms with Crippen molar-refractivity contribution in [3.05, 3.63) is 35.4 Å². The minimum absolute atomic E-state index is 0.00823. The summed E-state index contributed by atoms with van der Waals surface area (Å²) in [5, 5.41) is 24.1. The molecule has 118 valence electrons. The lowest BCUT2D eigenvalue weighted by Crippen LogP contribution is -2.34. The van der Waals surface area contributed by atoms with Crippen molar-refractivity contribution in [2.24, 2.45) is 0 Å². The van der Waals surface area contributed by atoms with Crippen molar-refractivity contribution in [1.82, 2.24) is 10.6 Å². The van der Waals surface area contributed by atoms with Crippen LogP contribution in [-0.4, -0.2) is 45.7 Å². The average Bonchev–Trinajstić information content (AvgIpc) is 3.17. The predicted molar refractivity (Wildman–Crippen MR) is 86.0 cm³/mol. The number of carboxylic acids is 2. The molecule has 2 aliphatic heterocycles. The molecule has 0 bridgehead atoms. The van der Waals surface area contributed by atoms with E-state index in [2.05, 4.69) is 10.6 Å². The summed E-state index contributed by atoms with van der Waals surface area (Å²) in [7, 11) is 0. The van der Waals surface area contributed by atoms with Gasteiger partial charge >= 0.3 is 11.9 Å². The number of rotatable bonds is 4. The molecule has 2 heterocycles. The second-order valence-electron chi connectivity index (χ2n) is 5.21. The van der Waals surface area contributed by atoms with Gasteiger partial charge in [-0.3, -0.25) is 20.2 Å². The van der Waals surface area contributed by atoms with E-state index >= 15 is 0 Å². The highest BCUT2D eigenvalue weighted by molar-refractivity contribution is 8.00. The second-order valence-corrected chi connectivity index (χ2v) is 7.48. The Hall–Kier alpha value is -1.22. The molecule has 22 heavy (non-hydrogen) atoms. The third kappa shape index (κ3) is 3.24. The first-order valence-corrected chi connectivity index (χ1v) is 8.95. The molecule has 2 aliphatic rings. The van der Waals surface area contributed by atoms with Crippen LogP contribution in [0.4, 0.5) is 0 Å². The Bertz CT molecular complexity index is 530. The van der Waals surface area contributed by atoms with Crippen molar-refractivity contribution in [2.45, 2.75) is 22.8 Å². The minimum Gasteiger partial charge on any atom is -0.480 e. The van der Waals surface area contributed by atoms with Gasteiger partial charge in [0.25, 0.3) is 0 Å². The molecule has 0 saturated carbocycles. The first-order chi connectivity index (χ1) is 10.5. The molecule has 1 aromatic rings. The van der Waals surface area contributed by atoms with Crippen molar-refractivity contribution >= 4 is 35.5 Å². The van der Waals surface area contributed by atoms with Crippen molar-refractivity contribution in [3.63, 3.8) is 0 Å². The average molecular weight is 340 g/mol. The summed E-state index contributed by atoms with van der Waals surface area (Å²) in [6.45, 7) is 0. The Kier molecular flexibility index (Phi) is 4.62. The fourth-order valence-corrected chi connectivity index (χ4v) is 4.93. The quantitative estimate of drug-likeness (QED) is 0.650. The Morgan fingerprint density at radius 3 is 1.50 bits per heavy atom. The van der Waals surface area contributed by atoms with Gasteiger partial charge in [0.05, 0.1) is 10.7 Å². The highest BCUT2D eigenvalue weighted by Crippen LogP contribution is 2.36. The third-order valence-corrected chi connectivity index (χ3v) is 6.24. The molecule has 6 nitrogen and oxygen atoms in total. The van der Waals surface area contributed by atoms with Crippen LogP contribution in [0, 0.1) is 0 Å². The van der Waals surface area contributed by atoms with E-state index in [1.807, 2.05) is 24.3 Å². The molecule has 3 rings (SSSR count). The van der Waals surface area contributed by atoms with Crippen LogP contribution in [0.1, 0.15) is 21.9 Å². The molecule has 2 saturated heterocycles. The van der Waals surface area contributed by atoms with Gasteiger partial charge in [0, 0.05) is 11.5 Å². The molecular formula is C14H16N2O4S2. The van der Waals surface area contributed by atoms with E-state index in [0.717, 1.165) is 11.1 Å². The van der Waals surface area contributed by atoms with Crippen LogP contribution in [0.15, 0.2) is 24.3 Å². The van der Waals surface area contributed by atoms with Gasteiger partial charge in [0.1, 0.15) is 12.1 Å². The van der Waals surface area contributed by atoms with E-state index in [0.29, 0.717) is 11.5 Å². The van der Waals surface area contributed by atoms with Gasteiger partial charge in [-0.15, -0.1) is 23.5 Å². The maximum atomic E-state index is 11.0. The van der Waals surface area contributed by atoms with Crippen LogP contribution >= 0.6 is 23.5 Å². The first kappa shape index (κ1) is 15.7. The van der Waals surface area contributed by atoms with Gasteiger partial charge in [-0.05, 0) is 11.1 Å². The molecular weight excluding hydrogens is 324 g/mol. The smallest absolute Gasteiger partial charge is 0.321 e. The Balaban J connectivity index is 1.64. The zero-order valence-electron chi connectivity index (χ0n) is 11.6. The van der Waals surface area contributed by atoms with E-state index < -0.39 is 24.0 Å². The summed E-state index contributed by atoms with van der Waals surface area (Å²) in [5.41, 5.74) is 2.07. The van der Waals surface area contributed by atoms with Crippen molar-refractivity contribution in [1.29, 1.82) is 0 Å². The predicted octanol–water partition coefficient (Wildman–Crippen LogP) is 1.26. The molecule has 2 fully saturated rings. The lowest BCUT2D eigenvalue weighted by atomic mass is 10.1. The molecule has 4 atom stereocenters. The fourth-order valence-electron chi connectivity index (χ4n) is 2.46. The summed E-state index contributed by atoms with van der Waals surface area (Å²) >= 11 is 3.17. The van der Waals surface area contributed by atoms with E-state index in [1.54, 1.807) is 23.5 Å². The zero-order valence-corrected chi connectivity index (χ0v) is 13.2. The minimum atomic E-state index is -0.821. The highest BCUT2D eigenvalue weighted by Gasteiger charge is 2.32. The molecule has 1 aromatic carbocycles. The maximum absolute atomic E-state index is 11.0. The van der Waals surface area contributed by atoms with Gasteiger partial charge in [-0.25, -0.2) is 0 Å². The number of carbonyl (C=O) groups is 2.